The summed E-state index contributed by atoms with van der Waals surface area (Å²) in [5, 5.41) is 9.19. The number of thioether (sulfide) groups is 1. The quantitative estimate of drug-likeness (QED) is 0.627. The fourth-order valence-electron chi connectivity index (χ4n) is 1.76. The molecule has 0 saturated carbocycles. The first kappa shape index (κ1) is 14.8. The van der Waals surface area contributed by atoms with E-state index in [0.29, 0.717) is 19.0 Å². The third kappa shape index (κ3) is 4.18. The second-order valence-electron chi connectivity index (χ2n) is 4.14. The predicted octanol–water partition coefficient (Wildman–Crippen LogP) is 3.36. The van der Waals surface area contributed by atoms with Crippen LogP contribution >= 0.6 is 11.8 Å². The molecule has 0 spiro atoms. The summed E-state index contributed by atoms with van der Waals surface area (Å²) < 4.78 is 11.2. The average molecular weight is 290 g/mol. The maximum Gasteiger partial charge on any atom is 0.124 e. The lowest BCUT2D eigenvalue weighted by Gasteiger charge is -2.11. The number of aliphatic hydroxyl groups excluding tert-OH is 1. The molecule has 0 aliphatic rings. The maximum atomic E-state index is 9.19. The van der Waals surface area contributed by atoms with Gasteiger partial charge in [-0.25, -0.2) is 0 Å². The first-order chi connectivity index (χ1) is 9.83. The van der Waals surface area contributed by atoms with Crippen molar-refractivity contribution in [1.82, 2.24) is 0 Å². The Labute approximate surface area is 123 Å². The van der Waals surface area contributed by atoms with Gasteiger partial charge in [-0.3, -0.25) is 0 Å². The first-order valence-electron chi connectivity index (χ1n) is 6.42. The molecule has 106 valence electrons. The summed E-state index contributed by atoms with van der Waals surface area (Å²) >= 11 is 1.70. The molecule has 0 fully saturated rings. The van der Waals surface area contributed by atoms with E-state index in [1.165, 1.54) is 4.90 Å². The molecule has 0 bridgehead atoms. The molecule has 0 aromatic heterocycles. The number of ether oxygens (including phenoxy) is 2. The van der Waals surface area contributed by atoms with E-state index < -0.39 is 0 Å². The first-order valence-corrected chi connectivity index (χ1v) is 7.64. The molecule has 0 aliphatic heterocycles. The van der Waals surface area contributed by atoms with Crippen LogP contribution in [0.3, 0.4) is 0 Å². The third-order valence-corrected chi connectivity index (χ3v) is 3.56. The monoisotopic (exact) mass is 290 g/mol. The predicted molar refractivity (Wildman–Crippen MR) is 81.6 cm³/mol. The average Bonchev–Trinajstić information content (AvgIpc) is 2.52. The van der Waals surface area contributed by atoms with Crippen molar-refractivity contribution in [2.24, 2.45) is 0 Å². The summed E-state index contributed by atoms with van der Waals surface area (Å²) in [6.45, 7) is 0.896. The van der Waals surface area contributed by atoms with Crippen LogP contribution < -0.4 is 9.47 Å². The fraction of sp³-hybridized carbons (Fsp3) is 0.250. The van der Waals surface area contributed by atoms with Gasteiger partial charge in [0.1, 0.15) is 24.7 Å². The molecule has 4 heteroatoms. The van der Waals surface area contributed by atoms with Crippen molar-refractivity contribution >= 4 is 11.8 Å². The zero-order chi connectivity index (χ0) is 14.2. The van der Waals surface area contributed by atoms with Crippen molar-refractivity contribution in [2.45, 2.75) is 11.5 Å². The number of rotatable bonds is 7. The van der Waals surface area contributed by atoms with Gasteiger partial charge in [-0.05, 0) is 36.6 Å². The molecule has 2 rings (SSSR count). The van der Waals surface area contributed by atoms with E-state index in [1.54, 1.807) is 11.8 Å². The molecule has 0 amide bonds. The summed E-state index contributed by atoms with van der Waals surface area (Å²) in [6.07, 6.45) is 2.04. The van der Waals surface area contributed by atoms with Crippen LogP contribution in [0.25, 0.3) is 0 Å². The highest BCUT2D eigenvalue weighted by Gasteiger charge is 2.01. The van der Waals surface area contributed by atoms with E-state index in [-0.39, 0.29) is 6.61 Å². The van der Waals surface area contributed by atoms with Crippen LogP contribution in [0.15, 0.2) is 53.4 Å². The van der Waals surface area contributed by atoms with Crippen molar-refractivity contribution in [2.75, 3.05) is 19.5 Å². The Morgan fingerprint density at radius 2 is 1.65 bits per heavy atom. The molecule has 1 N–H and O–H groups in total. The summed E-state index contributed by atoms with van der Waals surface area (Å²) in [4.78, 5) is 1.21. The molecule has 20 heavy (non-hydrogen) atoms. The molecule has 0 aliphatic carbocycles. The normalized spacial score (nSPS) is 10.3. The van der Waals surface area contributed by atoms with Crippen molar-refractivity contribution in [3.63, 3.8) is 0 Å². The Kier molecular flexibility index (Phi) is 5.77. The van der Waals surface area contributed by atoms with Crippen molar-refractivity contribution in [1.29, 1.82) is 0 Å². The largest absolute Gasteiger partial charge is 0.490 e. The van der Waals surface area contributed by atoms with E-state index in [2.05, 4.69) is 0 Å². The molecular formula is C16H18O3S. The number of hydrogen-bond acceptors (Lipinski definition) is 4. The van der Waals surface area contributed by atoms with E-state index >= 15 is 0 Å². The Hall–Kier alpha value is -1.65. The Morgan fingerprint density at radius 1 is 0.950 bits per heavy atom. The lowest BCUT2D eigenvalue weighted by Crippen LogP contribution is -2.10. The molecule has 0 unspecified atom stereocenters. The molecule has 0 radical (unpaired) electrons. The van der Waals surface area contributed by atoms with Crippen LogP contribution in [-0.4, -0.2) is 24.6 Å². The number of hydrogen-bond donors (Lipinski definition) is 1. The van der Waals surface area contributed by atoms with Crippen LogP contribution in [0, 0.1) is 0 Å². The zero-order valence-electron chi connectivity index (χ0n) is 11.4. The second-order valence-corrected chi connectivity index (χ2v) is 5.02. The highest BCUT2D eigenvalue weighted by molar-refractivity contribution is 7.98. The van der Waals surface area contributed by atoms with Gasteiger partial charge in [0.05, 0.1) is 6.61 Å². The molecular weight excluding hydrogens is 272 g/mol. The van der Waals surface area contributed by atoms with Crippen molar-refractivity contribution < 1.29 is 14.6 Å². The maximum absolute atomic E-state index is 9.19. The third-order valence-electron chi connectivity index (χ3n) is 2.81. The highest BCUT2D eigenvalue weighted by atomic mass is 32.2. The lowest BCUT2D eigenvalue weighted by atomic mass is 10.2. The molecule has 0 atom stereocenters. The van der Waals surface area contributed by atoms with Gasteiger partial charge < -0.3 is 14.6 Å². The van der Waals surface area contributed by atoms with Crippen LogP contribution in [0.5, 0.6) is 11.5 Å². The minimum absolute atomic E-state index is 0.0207. The summed E-state index contributed by atoms with van der Waals surface area (Å²) in [5.41, 5.74) is 0.789. The molecule has 3 nitrogen and oxygen atoms in total. The molecule has 2 aromatic carbocycles. The van der Waals surface area contributed by atoms with Crippen LogP contribution in [0.1, 0.15) is 5.56 Å². The van der Waals surface area contributed by atoms with Crippen LogP contribution in [0.2, 0.25) is 0 Å². The molecule has 0 saturated heterocycles. The smallest absolute Gasteiger partial charge is 0.124 e. The van der Waals surface area contributed by atoms with Gasteiger partial charge in [-0.1, -0.05) is 18.2 Å². The van der Waals surface area contributed by atoms with Gasteiger partial charge in [0, 0.05) is 10.5 Å². The summed E-state index contributed by atoms with van der Waals surface area (Å²) in [7, 11) is 0. The van der Waals surface area contributed by atoms with Gasteiger partial charge in [0.2, 0.25) is 0 Å². The van der Waals surface area contributed by atoms with Gasteiger partial charge in [-0.2, -0.15) is 0 Å². The number of benzene rings is 2. The van der Waals surface area contributed by atoms with E-state index in [0.717, 1.165) is 11.3 Å². The van der Waals surface area contributed by atoms with E-state index in [4.69, 9.17) is 9.47 Å². The van der Waals surface area contributed by atoms with Crippen molar-refractivity contribution in [3.8, 4) is 11.5 Å². The van der Waals surface area contributed by atoms with Gasteiger partial charge >= 0.3 is 0 Å². The topological polar surface area (TPSA) is 38.7 Å². The summed E-state index contributed by atoms with van der Waals surface area (Å²) in [6, 6.07) is 15.4. The van der Waals surface area contributed by atoms with Gasteiger partial charge in [0.15, 0.2) is 0 Å². The van der Waals surface area contributed by atoms with Crippen LogP contribution in [-0.2, 0) is 6.61 Å². The Bertz CT molecular complexity index is 526. The molecule has 0 heterocycles. The molecule has 2 aromatic rings. The lowest BCUT2D eigenvalue weighted by molar-refractivity contribution is 0.210. The standard InChI is InChI=1S/C16H18O3S/c1-20-15-8-6-14(7-9-15)18-10-11-19-16-5-3-2-4-13(16)12-17/h2-9,17H,10-12H2,1H3. The highest BCUT2D eigenvalue weighted by Crippen LogP contribution is 2.19. The number of para-hydroxylation sites is 1. The van der Waals surface area contributed by atoms with E-state index in [9.17, 15) is 5.11 Å². The fourth-order valence-corrected chi connectivity index (χ4v) is 2.17. The van der Waals surface area contributed by atoms with Crippen LogP contribution in [0.4, 0.5) is 0 Å². The second kappa shape index (κ2) is 7.82. The summed E-state index contributed by atoms with van der Waals surface area (Å²) in [5.74, 6) is 1.54. The number of aliphatic hydroxyl groups is 1. The van der Waals surface area contributed by atoms with Gasteiger partial charge in [0.25, 0.3) is 0 Å². The van der Waals surface area contributed by atoms with Crippen molar-refractivity contribution in [3.05, 3.63) is 54.1 Å². The SMILES string of the molecule is CSc1ccc(OCCOc2ccccc2CO)cc1. The Balaban J connectivity index is 1.78. The van der Waals surface area contributed by atoms with Gasteiger partial charge in [-0.15, -0.1) is 11.8 Å². The minimum Gasteiger partial charge on any atom is -0.490 e. The Morgan fingerprint density at radius 3 is 2.35 bits per heavy atom. The zero-order valence-corrected chi connectivity index (χ0v) is 12.2. The van der Waals surface area contributed by atoms with E-state index in [1.807, 2.05) is 54.8 Å². The minimum atomic E-state index is -0.0207.